The highest BCUT2D eigenvalue weighted by Gasteiger charge is 2.09. The number of ketones is 1. The third-order valence-electron chi connectivity index (χ3n) is 2.76. The van der Waals surface area contributed by atoms with Crippen molar-refractivity contribution in [1.82, 2.24) is 0 Å². The molecule has 98 valence electrons. The first-order chi connectivity index (χ1) is 9.04. The van der Waals surface area contributed by atoms with Gasteiger partial charge in [0, 0.05) is 28.6 Å². The van der Waals surface area contributed by atoms with Gasteiger partial charge in [0.1, 0.15) is 5.78 Å². The zero-order valence-corrected chi connectivity index (χ0v) is 11.7. The summed E-state index contributed by atoms with van der Waals surface area (Å²) >= 11 is 11.9. The van der Waals surface area contributed by atoms with Crippen LogP contribution in [0.1, 0.15) is 11.1 Å². The van der Waals surface area contributed by atoms with E-state index in [9.17, 15) is 4.79 Å². The molecule has 2 aromatic carbocycles. The molecule has 4 heteroatoms. The van der Waals surface area contributed by atoms with Crippen molar-refractivity contribution in [2.75, 3.05) is 5.73 Å². The van der Waals surface area contributed by atoms with Gasteiger partial charge in [0.05, 0.1) is 0 Å². The monoisotopic (exact) mass is 293 g/mol. The molecule has 19 heavy (non-hydrogen) atoms. The molecule has 0 unspecified atom stereocenters. The minimum atomic E-state index is 0.0924. The number of Topliss-reactive ketones (excluding diaryl/α,β-unsaturated/α-hetero) is 1. The van der Waals surface area contributed by atoms with Gasteiger partial charge in [0.25, 0.3) is 0 Å². The highest BCUT2D eigenvalue weighted by molar-refractivity contribution is 6.35. The van der Waals surface area contributed by atoms with Gasteiger partial charge in [-0.2, -0.15) is 0 Å². The molecule has 0 aliphatic heterocycles. The van der Waals surface area contributed by atoms with E-state index in [0.29, 0.717) is 28.6 Å². The average molecular weight is 294 g/mol. The summed E-state index contributed by atoms with van der Waals surface area (Å²) in [5, 5.41) is 1.09. The summed E-state index contributed by atoms with van der Waals surface area (Å²) < 4.78 is 0. The van der Waals surface area contributed by atoms with Crippen LogP contribution in [0.4, 0.5) is 5.69 Å². The number of carbonyl (C=O) groups excluding carboxylic acids is 1. The topological polar surface area (TPSA) is 43.1 Å². The standard InChI is InChI=1S/C15H13Cl2NO/c16-12-5-4-11(15(17)9-12)8-14(19)7-10-2-1-3-13(18)6-10/h1-6,9H,7-8,18H2. The van der Waals surface area contributed by atoms with Crippen LogP contribution in [0.15, 0.2) is 42.5 Å². The van der Waals surface area contributed by atoms with Gasteiger partial charge < -0.3 is 5.73 Å². The lowest BCUT2D eigenvalue weighted by atomic mass is 10.0. The molecular formula is C15H13Cl2NO. The SMILES string of the molecule is Nc1cccc(CC(=O)Cc2ccc(Cl)cc2Cl)c1. The number of nitrogen functional groups attached to an aromatic ring is 1. The summed E-state index contributed by atoms with van der Waals surface area (Å²) in [7, 11) is 0. The van der Waals surface area contributed by atoms with Crippen molar-refractivity contribution in [2.45, 2.75) is 12.8 Å². The maximum atomic E-state index is 12.0. The fourth-order valence-corrected chi connectivity index (χ4v) is 2.35. The van der Waals surface area contributed by atoms with Crippen LogP contribution >= 0.6 is 23.2 Å². The molecule has 0 aliphatic carbocycles. The van der Waals surface area contributed by atoms with E-state index in [1.807, 2.05) is 12.1 Å². The summed E-state index contributed by atoms with van der Waals surface area (Å²) in [6.45, 7) is 0. The maximum absolute atomic E-state index is 12.0. The minimum Gasteiger partial charge on any atom is -0.399 e. The van der Waals surface area contributed by atoms with Crippen LogP contribution < -0.4 is 5.73 Å². The molecule has 0 aromatic heterocycles. The Morgan fingerprint density at radius 3 is 2.53 bits per heavy atom. The van der Waals surface area contributed by atoms with Crippen LogP contribution in [0.25, 0.3) is 0 Å². The first-order valence-corrected chi connectivity index (χ1v) is 6.60. The van der Waals surface area contributed by atoms with Crippen molar-refractivity contribution in [3.63, 3.8) is 0 Å². The van der Waals surface area contributed by atoms with Crippen LogP contribution in [0.3, 0.4) is 0 Å². The molecular weight excluding hydrogens is 281 g/mol. The molecule has 0 amide bonds. The summed E-state index contributed by atoms with van der Waals surface area (Å²) in [5.41, 5.74) is 8.05. The maximum Gasteiger partial charge on any atom is 0.141 e. The summed E-state index contributed by atoms with van der Waals surface area (Å²) in [6, 6.07) is 12.5. The molecule has 0 atom stereocenters. The molecule has 0 spiro atoms. The molecule has 0 saturated carbocycles. The molecule has 2 rings (SSSR count). The van der Waals surface area contributed by atoms with E-state index in [1.165, 1.54) is 0 Å². The molecule has 0 fully saturated rings. The molecule has 2 N–H and O–H groups in total. The number of halogens is 2. The average Bonchev–Trinajstić information content (AvgIpc) is 2.33. The predicted molar refractivity (Wildman–Crippen MR) is 79.7 cm³/mol. The second kappa shape index (κ2) is 6.09. The number of carbonyl (C=O) groups is 1. The van der Waals surface area contributed by atoms with Crippen molar-refractivity contribution in [3.05, 3.63) is 63.6 Å². The molecule has 0 bridgehead atoms. The van der Waals surface area contributed by atoms with E-state index in [0.717, 1.165) is 11.1 Å². The predicted octanol–water partition coefficient (Wildman–Crippen LogP) is 3.93. The Labute approximate surface area is 122 Å². The highest BCUT2D eigenvalue weighted by atomic mass is 35.5. The Morgan fingerprint density at radius 1 is 1.05 bits per heavy atom. The van der Waals surface area contributed by atoms with Crippen molar-refractivity contribution >= 4 is 34.7 Å². The van der Waals surface area contributed by atoms with E-state index in [2.05, 4.69) is 0 Å². The Kier molecular flexibility index (Phi) is 4.46. The molecule has 0 saturated heterocycles. The summed E-state index contributed by atoms with van der Waals surface area (Å²) in [4.78, 5) is 12.0. The van der Waals surface area contributed by atoms with Crippen LogP contribution in [-0.2, 0) is 17.6 Å². The summed E-state index contributed by atoms with van der Waals surface area (Å²) in [6.07, 6.45) is 0.648. The van der Waals surface area contributed by atoms with Gasteiger partial charge in [-0.05, 0) is 35.4 Å². The molecule has 0 aliphatic rings. The zero-order valence-electron chi connectivity index (χ0n) is 10.2. The molecule has 2 aromatic rings. The Bertz CT molecular complexity index is 611. The minimum absolute atomic E-state index is 0.0924. The Balaban J connectivity index is 2.05. The fourth-order valence-electron chi connectivity index (χ4n) is 1.87. The number of rotatable bonds is 4. The van der Waals surface area contributed by atoms with Gasteiger partial charge in [-0.3, -0.25) is 4.79 Å². The van der Waals surface area contributed by atoms with E-state index in [1.54, 1.807) is 30.3 Å². The van der Waals surface area contributed by atoms with Gasteiger partial charge in [-0.25, -0.2) is 0 Å². The summed E-state index contributed by atoms with van der Waals surface area (Å²) in [5.74, 6) is 0.0924. The number of anilines is 1. The molecule has 0 radical (unpaired) electrons. The quantitative estimate of drug-likeness (QED) is 0.868. The normalized spacial score (nSPS) is 10.4. The van der Waals surface area contributed by atoms with Crippen molar-refractivity contribution in [3.8, 4) is 0 Å². The highest BCUT2D eigenvalue weighted by Crippen LogP contribution is 2.22. The van der Waals surface area contributed by atoms with E-state index in [-0.39, 0.29) is 5.78 Å². The van der Waals surface area contributed by atoms with E-state index >= 15 is 0 Å². The van der Waals surface area contributed by atoms with Gasteiger partial charge in [0.15, 0.2) is 0 Å². The number of benzene rings is 2. The lowest BCUT2D eigenvalue weighted by Crippen LogP contribution is -2.07. The Hall–Kier alpha value is -1.51. The smallest absolute Gasteiger partial charge is 0.141 e. The number of hydrogen-bond acceptors (Lipinski definition) is 2. The van der Waals surface area contributed by atoms with Gasteiger partial charge in [-0.1, -0.05) is 41.4 Å². The lowest BCUT2D eigenvalue weighted by Gasteiger charge is -2.05. The second-order valence-electron chi connectivity index (χ2n) is 4.37. The second-order valence-corrected chi connectivity index (χ2v) is 5.22. The molecule has 0 heterocycles. The first-order valence-electron chi connectivity index (χ1n) is 5.84. The zero-order chi connectivity index (χ0) is 13.8. The van der Waals surface area contributed by atoms with Crippen LogP contribution in [0.5, 0.6) is 0 Å². The lowest BCUT2D eigenvalue weighted by molar-refractivity contribution is -0.117. The van der Waals surface area contributed by atoms with Crippen molar-refractivity contribution in [1.29, 1.82) is 0 Å². The van der Waals surface area contributed by atoms with Crippen molar-refractivity contribution in [2.24, 2.45) is 0 Å². The molecule has 2 nitrogen and oxygen atoms in total. The van der Waals surface area contributed by atoms with Gasteiger partial charge in [-0.15, -0.1) is 0 Å². The van der Waals surface area contributed by atoms with Crippen LogP contribution in [0.2, 0.25) is 10.0 Å². The van der Waals surface area contributed by atoms with Gasteiger partial charge in [0.2, 0.25) is 0 Å². The first kappa shape index (κ1) is 13.9. The van der Waals surface area contributed by atoms with Crippen LogP contribution in [-0.4, -0.2) is 5.78 Å². The Morgan fingerprint density at radius 2 is 1.84 bits per heavy atom. The fraction of sp³-hybridized carbons (Fsp3) is 0.133. The van der Waals surface area contributed by atoms with Crippen molar-refractivity contribution < 1.29 is 4.79 Å². The third kappa shape index (κ3) is 3.98. The number of nitrogens with two attached hydrogens (primary N) is 1. The third-order valence-corrected chi connectivity index (χ3v) is 3.34. The van der Waals surface area contributed by atoms with Crippen LogP contribution in [0, 0.1) is 0 Å². The van der Waals surface area contributed by atoms with Gasteiger partial charge >= 0.3 is 0 Å². The largest absolute Gasteiger partial charge is 0.399 e. The van der Waals surface area contributed by atoms with E-state index < -0.39 is 0 Å². The number of hydrogen-bond donors (Lipinski definition) is 1. The van der Waals surface area contributed by atoms with E-state index in [4.69, 9.17) is 28.9 Å².